The maximum absolute atomic E-state index is 5.42. The molecule has 3 rings (SSSR count). The van der Waals surface area contributed by atoms with Crippen LogP contribution in [0.4, 0.5) is 0 Å². The van der Waals surface area contributed by atoms with Crippen LogP contribution in [-0.4, -0.2) is 15.1 Å². The van der Waals surface area contributed by atoms with E-state index in [-0.39, 0.29) is 5.41 Å². The van der Waals surface area contributed by atoms with E-state index in [0.29, 0.717) is 5.82 Å². The van der Waals surface area contributed by atoms with Gasteiger partial charge in [-0.2, -0.15) is 4.98 Å². The maximum atomic E-state index is 5.42. The summed E-state index contributed by atoms with van der Waals surface area (Å²) in [5, 5.41) is 3.93. The number of pyridine rings is 1. The molecule has 4 nitrogen and oxygen atoms in total. The molecule has 0 unspecified atom stereocenters. The van der Waals surface area contributed by atoms with E-state index in [2.05, 4.69) is 21.2 Å². The second-order valence-corrected chi connectivity index (χ2v) is 4.68. The first-order valence-electron chi connectivity index (χ1n) is 6.03. The Hall–Kier alpha value is -1.71. The maximum Gasteiger partial charge on any atom is 0.237 e. The molecule has 1 saturated carbocycles. The van der Waals surface area contributed by atoms with Gasteiger partial charge in [-0.15, -0.1) is 0 Å². The molecule has 4 heteroatoms. The molecule has 0 N–H and O–H groups in total. The van der Waals surface area contributed by atoms with Crippen molar-refractivity contribution in [3.8, 4) is 0 Å². The highest BCUT2D eigenvalue weighted by Gasteiger charge is 2.42. The van der Waals surface area contributed by atoms with Gasteiger partial charge in [0.25, 0.3) is 0 Å². The Bertz CT molecular complexity index is 500. The molecule has 1 aliphatic rings. The lowest BCUT2D eigenvalue weighted by Gasteiger charge is -2.24. The van der Waals surface area contributed by atoms with Crippen LogP contribution in [0.3, 0.4) is 0 Å². The van der Waals surface area contributed by atoms with Crippen LogP contribution in [0.15, 0.2) is 29.0 Å². The van der Waals surface area contributed by atoms with Gasteiger partial charge in [0, 0.05) is 12.4 Å². The van der Waals surface area contributed by atoms with Gasteiger partial charge in [0.15, 0.2) is 5.82 Å². The molecule has 2 heterocycles. The molecule has 0 amide bonds. The summed E-state index contributed by atoms with van der Waals surface area (Å²) >= 11 is 0. The molecule has 2 aromatic rings. The van der Waals surface area contributed by atoms with Gasteiger partial charge < -0.3 is 4.52 Å². The fourth-order valence-electron chi connectivity index (χ4n) is 2.74. The van der Waals surface area contributed by atoms with E-state index in [1.54, 1.807) is 6.20 Å². The molecule has 1 aliphatic carbocycles. The molecule has 0 aromatic carbocycles. The third-order valence-corrected chi connectivity index (χ3v) is 3.61. The van der Waals surface area contributed by atoms with E-state index in [1.807, 2.05) is 19.2 Å². The van der Waals surface area contributed by atoms with Gasteiger partial charge in [-0.1, -0.05) is 24.1 Å². The van der Waals surface area contributed by atoms with Gasteiger partial charge in [-0.05, 0) is 31.4 Å². The highest BCUT2D eigenvalue weighted by Crippen LogP contribution is 2.45. The summed E-state index contributed by atoms with van der Waals surface area (Å²) < 4.78 is 5.42. The Kier molecular flexibility index (Phi) is 2.42. The number of hydrogen-bond acceptors (Lipinski definition) is 4. The number of aryl methyl sites for hydroxylation is 1. The van der Waals surface area contributed by atoms with Crippen LogP contribution in [0.25, 0.3) is 0 Å². The van der Waals surface area contributed by atoms with E-state index in [0.717, 1.165) is 18.7 Å². The quantitative estimate of drug-likeness (QED) is 0.794. The summed E-state index contributed by atoms with van der Waals surface area (Å²) in [6, 6.07) is 4.08. The van der Waals surface area contributed by atoms with Crippen LogP contribution in [0.1, 0.15) is 43.0 Å². The molecule has 17 heavy (non-hydrogen) atoms. The van der Waals surface area contributed by atoms with Crippen molar-refractivity contribution in [1.29, 1.82) is 0 Å². The fraction of sp³-hybridized carbons (Fsp3) is 0.462. The number of nitrogens with zero attached hydrogens (tertiary/aromatic N) is 3. The average Bonchev–Trinajstić information content (AvgIpc) is 2.99. The predicted octanol–water partition coefficient (Wildman–Crippen LogP) is 2.63. The fourth-order valence-corrected chi connectivity index (χ4v) is 2.74. The van der Waals surface area contributed by atoms with Gasteiger partial charge in [-0.25, -0.2) is 0 Å². The van der Waals surface area contributed by atoms with Crippen LogP contribution in [-0.2, 0) is 5.41 Å². The first-order valence-corrected chi connectivity index (χ1v) is 6.03. The van der Waals surface area contributed by atoms with Crippen LogP contribution in [0.5, 0.6) is 0 Å². The SMILES string of the molecule is Cc1noc(C2(c3cccnc3)CCCC2)n1. The van der Waals surface area contributed by atoms with E-state index in [9.17, 15) is 0 Å². The monoisotopic (exact) mass is 229 g/mol. The first kappa shape index (κ1) is 10.4. The predicted molar refractivity (Wildman–Crippen MR) is 62.5 cm³/mol. The lowest BCUT2D eigenvalue weighted by Crippen LogP contribution is -2.24. The van der Waals surface area contributed by atoms with E-state index >= 15 is 0 Å². The molecule has 2 aromatic heterocycles. The molecular weight excluding hydrogens is 214 g/mol. The Morgan fingerprint density at radius 1 is 1.29 bits per heavy atom. The second kappa shape index (κ2) is 3.95. The van der Waals surface area contributed by atoms with Crippen LogP contribution >= 0.6 is 0 Å². The van der Waals surface area contributed by atoms with Crippen molar-refractivity contribution in [2.24, 2.45) is 0 Å². The normalized spacial score (nSPS) is 18.4. The number of aromatic nitrogens is 3. The van der Waals surface area contributed by atoms with Crippen molar-refractivity contribution in [2.75, 3.05) is 0 Å². The summed E-state index contributed by atoms with van der Waals surface area (Å²) in [5.41, 5.74) is 1.09. The van der Waals surface area contributed by atoms with Crippen LogP contribution in [0, 0.1) is 6.92 Å². The largest absolute Gasteiger partial charge is 0.338 e. The molecule has 0 spiro atoms. The van der Waals surface area contributed by atoms with Crippen molar-refractivity contribution < 1.29 is 4.52 Å². The first-order chi connectivity index (χ1) is 8.31. The van der Waals surface area contributed by atoms with E-state index in [1.165, 1.54) is 18.4 Å². The summed E-state index contributed by atoms with van der Waals surface area (Å²) in [7, 11) is 0. The standard InChI is InChI=1S/C13H15N3O/c1-10-15-12(17-16-10)13(6-2-3-7-13)11-5-4-8-14-9-11/h4-5,8-9H,2-3,6-7H2,1H3. The van der Waals surface area contributed by atoms with E-state index < -0.39 is 0 Å². The summed E-state index contributed by atoms with van der Waals surface area (Å²) in [6.45, 7) is 1.86. The lowest BCUT2D eigenvalue weighted by atomic mass is 9.79. The third kappa shape index (κ3) is 1.64. The molecule has 0 radical (unpaired) electrons. The summed E-state index contributed by atoms with van der Waals surface area (Å²) in [5.74, 6) is 1.45. The second-order valence-electron chi connectivity index (χ2n) is 4.68. The zero-order valence-corrected chi connectivity index (χ0v) is 9.89. The minimum Gasteiger partial charge on any atom is -0.338 e. The zero-order valence-electron chi connectivity index (χ0n) is 9.89. The molecule has 1 fully saturated rings. The molecule has 0 saturated heterocycles. The van der Waals surface area contributed by atoms with Crippen molar-refractivity contribution in [3.63, 3.8) is 0 Å². The van der Waals surface area contributed by atoms with Crippen molar-refractivity contribution in [3.05, 3.63) is 41.8 Å². The van der Waals surface area contributed by atoms with Crippen molar-refractivity contribution in [2.45, 2.75) is 38.0 Å². The van der Waals surface area contributed by atoms with Crippen molar-refractivity contribution in [1.82, 2.24) is 15.1 Å². The molecule has 0 atom stereocenters. The minimum absolute atomic E-state index is 0.102. The molecule has 0 bridgehead atoms. The van der Waals surface area contributed by atoms with Gasteiger partial charge in [0.2, 0.25) is 5.89 Å². The number of hydrogen-bond donors (Lipinski definition) is 0. The summed E-state index contributed by atoms with van der Waals surface area (Å²) in [6.07, 6.45) is 8.27. The van der Waals surface area contributed by atoms with Crippen LogP contribution in [0.2, 0.25) is 0 Å². The summed E-state index contributed by atoms with van der Waals surface area (Å²) in [4.78, 5) is 8.65. The Morgan fingerprint density at radius 3 is 2.71 bits per heavy atom. The van der Waals surface area contributed by atoms with E-state index in [4.69, 9.17) is 4.52 Å². The van der Waals surface area contributed by atoms with Crippen LogP contribution < -0.4 is 0 Å². The van der Waals surface area contributed by atoms with Crippen molar-refractivity contribution >= 4 is 0 Å². The highest BCUT2D eigenvalue weighted by atomic mass is 16.5. The lowest BCUT2D eigenvalue weighted by molar-refractivity contribution is 0.309. The topological polar surface area (TPSA) is 51.8 Å². The minimum atomic E-state index is -0.102. The molecule has 88 valence electrons. The Labute approximate surface area is 100 Å². The van der Waals surface area contributed by atoms with Gasteiger partial charge in [0.1, 0.15) is 0 Å². The zero-order chi connectivity index (χ0) is 11.7. The Balaban J connectivity index is 2.11. The highest BCUT2D eigenvalue weighted by molar-refractivity contribution is 5.30. The third-order valence-electron chi connectivity index (χ3n) is 3.61. The molecule has 0 aliphatic heterocycles. The average molecular weight is 229 g/mol. The number of rotatable bonds is 2. The smallest absolute Gasteiger partial charge is 0.237 e. The van der Waals surface area contributed by atoms with Gasteiger partial charge in [0.05, 0.1) is 5.41 Å². The molecular formula is C13H15N3O. The van der Waals surface area contributed by atoms with Gasteiger partial charge in [-0.3, -0.25) is 4.98 Å². The van der Waals surface area contributed by atoms with Gasteiger partial charge >= 0.3 is 0 Å². The Morgan fingerprint density at radius 2 is 2.12 bits per heavy atom.